The summed E-state index contributed by atoms with van der Waals surface area (Å²) in [5.41, 5.74) is 0.251. The van der Waals surface area contributed by atoms with Gasteiger partial charge in [-0.25, -0.2) is 0 Å². The van der Waals surface area contributed by atoms with Crippen molar-refractivity contribution in [3.63, 3.8) is 0 Å². The Bertz CT molecular complexity index is 1590. The monoisotopic (exact) mass is 689 g/mol. The average Bonchev–Trinajstić information content (AvgIpc) is 3.10. The highest BCUT2D eigenvalue weighted by Gasteiger charge is 2.35. The van der Waals surface area contributed by atoms with Crippen molar-refractivity contribution in [2.45, 2.75) is 118 Å². The summed E-state index contributed by atoms with van der Waals surface area (Å²) in [6.45, 7) is 4.40. The van der Waals surface area contributed by atoms with Gasteiger partial charge >= 0.3 is 17.6 Å². The molecule has 2 saturated carbocycles. The summed E-state index contributed by atoms with van der Waals surface area (Å²) >= 11 is 3.25. The number of thioether (sulfide) groups is 2. The number of ether oxygens (including phenoxy) is 2. The predicted molar refractivity (Wildman–Crippen MR) is 193 cm³/mol. The Labute approximate surface area is 292 Å². The minimum atomic E-state index is -0.540. The molecule has 6 rings (SSSR count). The van der Waals surface area contributed by atoms with E-state index in [1.807, 2.05) is 12.1 Å². The van der Waals surface area contributed by atoms with E-state index in [0.717, 1.165) is 73.0 Å². The number of esters is 2. The van der Waals surface area contributed by atoms with Crippen LogP contribution in [-0.4, -0.2) is 16.9 Å². The van der Waals surface area contributed by atoms with Gasteiger partial charge < -0.3 is 9.47 Å². The van der Waals surface area contributed by atoms with Crippen molar-refractivity contribution in [1.82, 2.24) is 0 Å². The second kappa shape index (κ2) is 16.1. The highest BCUT2D eigenvalue weighted by Crippen LogP contribution is 2.58. The van der Waals surface area contributed by atoms with Crippen LogP contribution in [0.5, 0.6) is 11.5 Å². The molecule has 9 heteroatoms. The van der Waals surface area contributed by atoms with Crippen molar-refractivity contribution in [2.24, 2.45) is 23.7 Å². The number of carbonyl (C=O) groups excluding carboxylic acids is 2. The number of hydrogen-bond acceptors (Lipinski definition) is 8. The third-order valence-electron chi connectivity index (χ3n) is 10.6. The van der Waals surface area contributed by atoms with Gasteiger partial charge in [0.1, 0.15) is 5.75 Å². The van der Waals surface area contributed by atoms with Gasteiger partial charge in [0.2, 0.25) is 5.75 Å². The molecule has 0 atom stereocenters. The molecule has 3 aliphatic rings. The lowest BCUT2D eigenvalue weighted by atomic mass is 9.80. The summed E-state index contributed by atoms with van der Waals surface area (Å²) in [4.78, 5) is 41.2. The predicted octanol–water partition coefficient (Wildman–Crippen LogP) is 11.4. The van der Waals surface area contributed by atoms with E-state index in [0.29, 0.717) is 17.4 Å². The third kappa shape index (κ3) is 8.05. The molecular weight excluding hydrogens is 643 g/mol. The second-order valence-corrected chi connectivity index (χ2v) is 16.4. The van der Waals surface area contributed by atoms with Crippen LogP contribution in [0.25, 0.3) is 10.8 Å². The van der Waals surface area contributed by atoms with E-state index in [-0.39, 0.29) is 39.6 Å². The maximum absolute atomic E-state index is 13.6. The minimum Gasteiger partial charge on any atom is -0.426 e. The number of unbranched alkanes of at least 4 members (excludes halogenated alkanes) is 2. The Kier molecular flexibility index (Phi) is 11.7. The zero-order valence-electron chi connectivity index (χ0n) is 28.1. The fourth-order valence-electron chi connectivity index (χ4n) is 7.66. The fraction of sp³-hybridized carbons (Fsp3) is 0.538. The first kappa shape index (κ1) is 34.8. The molecule has 0 radical (unpaired) electrons. The summed E-state index contributed by atoms with van der Waals surface area (Å²) in [6, 6.07) is 15.3. The Hall–Kier alpha value is -3.04. The summed E-state index contributed by atoms with van der Waals surface area (Å²) in [6.07, 6.45) is 14.1. The zero-order chi connectivity index (χ0) is 33.6. The standard InChI is InChI=1S/C39H47NO6S2/c1-3-5-9-25-15-19-28(20-16-25)37(41)45-32-24-31(40(43)44)33(46-38(42)29-21-17-26(18-22-29)10-6-4-2)23-30(32)39-47-34-13-7-11-27-12-8-14-35(48-39)36(27)34/h7-8,11-14,23-26,28-29,39H,3-6,9-10,15-22H2,1-2H3/t25?,26-,28?,29-. The van der Waals surface area contributed by atoms with Crippen molar-refractivity contribution in [3.8, 4) is 11.5 Å². The molecule has 3 aromatic carbocycles. The number of hydrogen-bond donors (Lipinski definition) is 0. The molecule has 2 aliphatic carbocycles. The number of rotatable bonds is 12. The van der Waals surface area contributed by atoms with Gasteiger partial charge in [-0.15, -0.1) is 23.5 Å². The topological polar surface area (TPSA) is 95.7 Å². The SMILES string of the molecule is CCCCC1CCC(C(=O)Oc2cc([N+](=O)[O-])c(OC(=O)[C@H]3CC[C@H](CCCC)CC3)cc2C2Sc3cccc4cccc(c34)S2)CC1. The van der Waals surface area contributed by atoms with Gasteiger partial charge in [0.15, 0.2) is 0 Å². The van der Waals surface area contributed by atoms with Crippen LogP contribution in [0.1, 0.15) is 114 Å². The Morgan fingerprint density at radius 3 is 1.73 bits per heavy atom. The van der Waals surface area contributed by atoms with E-state index in [2.05, 4.69) is 38.1 Å². The molecule has 0 amide bonds. The van der Waals surface area contributed by atoms with Crippen LogP contribution in [0, 0.1) is 33.8 Å². The van der Waals surface area contributed by atoms with Gasteiger partial charge in [-0.05, 0) is 86.8 Å². The maximum atomic E-state index is 13.6. The van der Waals surface area contributed by atoms with E-state index in [1.54, 1.807) is 29.6 Å². The molecule has 7 nitrogen and oxygen atoms in total. The Morgan fingerprint density at radius 2 is 1.25 bits per heavy atom. The molecule has 2 fully saturated rings. The summed E-state index contributed by atoms with van der Waals surface area (Å²) in [5.74, 6) is 0.0979. The van der Waals surface area contributed by atoms with Crippen molar-refractivity contribution in [1.29, 1.82) is 0 Å². The molecule has 256 valence electrons. The largest absolute Gasteiger partial charge is 0.426 e. The van der Waals surface area contributed by atoms with Crippen molar-refractivity contribution >= 4 is 51.9 Å². The second-order valence-electron chi connectivity index (χ2n) is 13.9. The van der Waals surface area contributed by atoms with Crippen LogP contribution >= 0.6 is 23.5 Å². The van der Waals surface area contributed by atoms with Crippen LogP contribution in [-0.2, 0) is 9.59 Å². The number of benzene rings is 3. The lowest BCUT2D eigenvalue weighted by Gasteiger charge is -2.29. The van der Waals surface area contributed by atoms with E-state index in [9.17, 15) is 19.7 Å². The normalized spacial score (nSPS) is 22.7. The molecule has 0 saturated heterocycles. The smallest absolute Gasteiger partial charge is 0.315 e. The van der Waals surface area contributed by atoms with Gasteiger partial charge in [0.05, 0.1) is 27.4 Å². The first-order chi connectivity index (χ1) is 23.3. The fourth-order valence-corrected chi connectivity index (χ4v) is 10.6. The molecule has 0 spiro atoms. The van der Waals surface area contributed by atoms with E-state index in [4.69, 9.17) is 9.47 Å². The van der Waals surface area contributed by atoms with Crippen LogP contribution in [0.15, 0.2) is 58.3 Å². The molecule has 1 aliphatic heterocycles. The maximum Gasteiger partial charge on any atom is 0.315 e. The molecular formula is C39H47NO6S2. The van der Waals surface area contributed by atoms with Crippen LogP contribution in [0.3, 0.4) is 0 Å². The Balaban J connectivity index is 1.28. The number of nitro groups is 1. The Morgan fingerprint density at radius 1 is 0.750 bits per heavy atom. The highest BCUT2D eigenvalue weighted by molar-refractivity contribution is 8.17. The van der Waals surface area contributed by atoms with E-state index >= 15 is 0 Å². The molecule has 3 aromatic rings. The van der Waals surface area contributed by atoms with Gasteiger partial charge in [-0.3, -0.25) is 19.7 Å². The van der Waals surface area contributed by atoms with Gasteiger partial charge in [0.25, 0.3) is 0 Å². The van der Waals surface area contributed by atoms with E-state index < -0.39 is 10.9 Å². The number of nitrogens with zero attached hydrogens (tertiary/aromatic N) is 1. The molecule has 0 N–H and O–H groups in total. The lowest BCUT2D eigenvalue weighted by molar-refractivity contribution is -0.385. The number of nitro benzene ring substituents is 1. The molecule has 0 aromatic heterocycles. The highest BCUT2D eigenvalue weighted by atomic mass is 32.2. The molecule has 0 unspecified atom stereocenters. The first-order valence-electron chi connectivity index (χ1n) is 17.9. The van der Waals surface area contributed by atoms with Gasteiger partial charge in [0, 0.05) is 20.7 Å². The van der Waals surface area contributed by atoms with Gasteiger partial charge in [-0.2, -0.15) is 0 Å². The third-order valence-corrected chi connectivity index (χ3v) is 13.3. The summed E-state index contributed by atoms with van der Waals surface area (Å²) in [7, 11) is 0. The lowest BCUT2D eigenvalue weighted by Crippen LogP contribution is -2.27. The summed E-state index contributed by atoms with van der Waals surface area (Å²) < 4.78 is 11.7. The quantitative estimate of drug-likeness (QED) is 0.0802. The number of carbonyl (C=O) groups is 2. The minimum absolute atomic E-state index is 0.0809. The molecule has 0 bridgehead atoms. The average molecular weight is 690 g/mol. The van der Waals surface area contributed by atoms with Crippen molar-refractivity contribution in [2.75, 3.05) is 0 Å². The van der Waals surface area contributed by atoms with Crippen molar-refractivity contribution < 1.29 is 24.0 Å². The first-order valence-corrected chi connectivity index (χ1v) is 19.7. The van der Waals surface area contributed by atoms with Crippen LogP contribution in [0.4, 0.5) is 5.69 Å². The summed E-state index contributed by atoms with van der Waals surface area (Å²) in [5, 5.41) is 14.7. The van der Waals surface area contributed by atoms with E-state index in [1.165, 1.54) is 43.6 Å². The molecule has 1 heterocycles. The van der Waals surface area contributed by atoms with Crippen LogP contribution < -0.4 is 9.47 Å². The van der Waals surface area contributed by atoms with Crippen molar-refractivity contribution in [3.05, 3.63) is 64.2 Å². The van der Waals surface area contributed by atoms with Crippen LogP contribution in [0.2, 0.25) is 0 Å². The van der Waals surface area contributed by atoms with Gasteiger partial charge in [-0.1, -0.05) is 76.6 Å². The zero-order valence-corrected chi connectivity index (χ0v) is 29.8. The molecule has 48 heavy (non-hydrogen) atoms.